The number of nitrogens with one attached hydrogen (secondary N) is 1. The Labute approximate surface area is 108 Å². The Kier molecular flexibility index (Phi) is 3.84. The number of nitriles is 1. The summed E-state index contributed by atoms with van der Waals surface area (Å²) < 4.78 is 0. The van der Waals surface area contributed by atoms with Gasteiger partial charge in [0.05, 0.1) is 0 Å². The fourth-order valence-corrected chi connectivity index (χ4v) is 2.20. The number of nitrogens with zero attached hydrogens (tertiary/aromatic N) is 2. The first-order chi connectivity index (χ1) is 8.79. The molecular formula is C13H9N3OS. The van der Waals surface area contributed by atoms with Crippen LogP contribution in [-0.2, 0) is 4.79 Å². The molecule has 2 aromatic rings. The van der Waals surface area contributed by atoms with Crippen molar-refractivity contribution in [1.29, 1.82) is 5.26 Å². The Balaban J connectivity index is 2.12. The van der Waals surface area contributed by atoms with Crippen LogP contribution in [0.25, 0.3) is 17.2 Å². The van der Waals surface area contributed by atoms with E-state index in [1.165, 1.54) is 17.4 Å². The summed E-state index contributed by atoms with van der Waals surface area (Å²) in [5.74, 6) is -0.420. The predicted octanol–water partition coefficient (Wildman–Crippen LogP) is 2.42. The SMILES string of the molecule is N#CNC(=O)/C=C/c1cc(-c2ccncc2)cs1. The first-order valence-corrected chi connectivity index (χ1v) is 6.03. The van der Waals surface area contributed by atoms with Crippen molar-refractivity contribution in [3.05, 3.63) is 46.9 Å². The van der Waals surface area contributed by atoms with Crippen molar-refractivity contribution >= 4 is 23.3 Å². The molecule has 0 fully saturated rings. The molecule has 2 heterocycles. The standard InChI is InChI=1S/C13H9N3OS/c14-9-16-13(17)2-1-12-7-11(8-18-12)10-3-5-15-6-4-10/h1-8H,(H,16,17)/b2-1+. The van der Waals surface area contributed by atoms with Crippen LogP contribution in [0.15, 0.2) is 42.0 Å². The summed E-state index contributed by atoms with van der Waals surface area (Å²) in [7, 11) is 0. The molecule has 88 valence electrons. The summed E-state index contributed by atoms with van der Waals surface area (Å²) >= 11 is 1.53. The molecule has 0 radical (unpaired) electrons. The van der Waals surface area contributed by atoms with Gasteiger partial charge in [-0.05, 0) is 40.8 Å². The average molecular weight is 255 g/mol. The minimum atomic E-state index is -0.420. The Hall–Kier alpha value is -2.45. The van der Waals surface area contributed by atoms with E-state index in [1.807, 2.05) is 28.9 Å². The van der Waals surface area contributed by atoms with E-state index >= 15 is 0 Å². The Morgan fingerprint density at radius 2 is 2.17 bits per heavy atom. The van der Waals surface area contributed by atoms with E-state index in [2.05, 4.69) is 4.98 Å². The third-order valence-corrected chi connectivity index (χ3v) is 3.11. The zero-order valence-electron chi connectivity index (χ0n) is 9.33. The van der Waals surface area contributed by atoms with Gasteiger partial charge < -0.3 is 0 Å². The highest BCUT2D eigenvalue weighted by atomic mass is 32.1. The molecule has 0 saturated heterocycles. The van der Waals surface area contributed by atoms with Gasteiger partial charge in [-0.15, -0.1) is 11.3 Å². The predicted molar refractivity (Wildman–Crippen MR) is 70.3 cm³/mol. The fourth-order valence-electron chi connectivity index (χ4n) is 1.39. The molecule has 0 spiro atoms. The van der Waals surface area contributed by atoms with Gasteiger partial charge in [0.1, 0.15) is 0 Å². The number of amides is 1. The molecule has 0 aliphatic rings. The molecule has 2 rings (SSSR count). The summed E-state index contributed by atoms with van der Waals surface area (Å²) in [5, 5.41) is 12.3. The highest BCUT2D eigenvalue weighted by Crippen LogP contribution is 2.25. The van der Waals surface area contributed by atoms with Crippen molar-refractivity contribution in [1.82, 2.24) is 10.3 Å². The molecule has 1 N–H and O–H groups in total. The molecule has 0 unspecified atom stereocenters. The maximum atomic E-state index is 11.1. The van der Waals surface area contributed by atoms with Crippen molar-refractivity contribution in [2.24, 2.45) is 0 Å². The van der Waals surface area contributed by atoms with Crippen LogP contribution in [0.4, 0.5) is 0 Å². The average Bonchev–Trinajstić information content (AvgIpc) is 2.87. The molecule has 1 amide bonds. The van der Waals surface area contributed by atoms with Crippen LogP contribution >= 0.6 is 11.3 Å². The van der Waals surface area contributed by atoms with E-state index in [9.17, 15) is 4.79 Å². The van der Waals surface area contributed by atoms with Gasteiger partial charge in [0.25, 0.3) is 5.91 Å². The van der Waals surface area contributed by atoms with Gasteiger partial charge in [0.2, 0.25) is 0 Å². The van der Waals surface area contributed by atoms with E-state index < -0.39 is 5.91 Å². The molecule has 0 atom stereocenters. The zero-order chi connectivity index (χ0) is 12.8. The maximum absolute atomic E-state index is 11.1. The van der Waals surface area contributed by atoms with Gasteiger partial charge in [0.15, 0.2) is 6.19 Å². The number of carbonyl (C=O) groups excluding carboxylic acids is 1. The number of pyridine rings is 1. The number of rotatable bonds is 3. The van der Waals surface area contributed by atoms with Gasteiger partial charge >= 0.3 is 0 Å². The highest BCUT2D eigenvalue weighted by molar-refractivity contribution is 7.11. The fraction of sp³-hybridized carbons (Fsp3) is 0. The molecule has 0 bridgehead atoms. The summed E-state index contributed by atoms with van der Waals surface area (Å²) in [6, 6.07) is 5.84. The largest absolute Gasteiger partial charge is 0.269 e. The van der Waals surface area contributed by atoms with E-state index in [0.29, 0.717) is 0 Å². The third-order valence-electron chi connectivity index (χ3n) is 2.21. The lowest BCUT2D eigenvalue weighted by Gasteiger charge is -1.93. The second kappa shape index (κ2) is 5.75. The first kappa shape index (κ1) is 12.0. The van der Waals surface area contributed by atoms with Gasteiger partial charge in [-0.3, -0.25) is 15.1 Å². The Morgan fingerprint density at radius 1 is 1.39 bits per heavy atom. The van der Waals surface area contributed by atoms with Crippen LogP contribution < -0.4 is 5.32 Å². The van der Waals surface area contributed by atoms with Gasteiger partial charge in [0, 0.05) is 23.3 Å². The molecule has 5 heteroatoms. The Morgan fingerprint density at radius 3 is 2.89 bits per heavy atom. The van der Waals surface area contributed by atoms with Crippen molar-refractivity contribution in [3.63, 3.8) is 0 Å². The number of thiophene rings is 1. The lowest BCUT2D eigenvalue weighted by molar-refractivity contribution is -0.115. The number of aromatic nitrogens is 1. The van der Waals surface area contributed by atoms with Gasteiger partial charge in [-0.1, -0.05) is 0 Å². The van der Waals surface area contributed by atoms with Crippen molar-refractivity contribution < 1.29 is 4.79 Å². The van der Waals surface area contributed by atoms with E-state index in [4.69, 9.17) is 5.26 Å². The lowest BCUT2D eigenvalue weighted by atomic mass is 10.1. The molecule has 0 saturated carbocycles. The number of carbonyl (C=O) groups is 1. The maximum Gasteiger partial charge on any atom is 0.257 e. The van der Waals surface area contributed by atoms with Crippen molar-refractivity contribution in [3.8, 4) is 17.3 Å². The van der Waals surface area contributed by atoms with E-state index in [0.717, 1.165) is 16.0 Å². The van der Waals surface area contributed by atoms with Gasteiger partial charge in [-0.2, -0.15) is 5.26 Å². The molecule has 0 aliphatic heterocycles. The van der Waals surface area contributed by atoms with Crippen LogP contribution in [-0.4, -0.2) is 10.9 Å². The monoisotopic (exact) mass is 255 g/mol. The quantitative estimate of drug-likeness (QED) is 0.520. The molecule has 4 nitrogen and oxygen atoms in total. The molecule has 0 aromatic carbocycles. The summed E-state index contributed by atoms with van der Waals surface area (Å²) in [6.07, 6.45) is 8.08. The van der Waals surface area contributed by atoms with Gasteiger partial charge in [-0.25, -0.2) is 0 Å². The van der Waals surface area contributed by atoms with E-state index in [-0.39, 0.29) is 0 Å². The van der Waals surface area contributed by atoms with Crippen LogP contribution in [0.3, 0.4) is 0 Å². The van der Waals surface area contributed by atoms with Crippen LogP contribution in [0.2, 0.25) is 0 Å². The lowest BCUT2D eigenvalue weighted by Crippen LogP contribution is -2.13. The topological polar surface area (TPSA) is 65.8 Å². The second-order valence-corrected chi connectivity index (χ2v) is 4.35. The second-order valence-electron chi connectivity index (χ2n) is 3.41. The first-order valence-electron chi connectivity index (χ1n) is 5.15. The summed E-state index contributed by atoms with van der Waals surface area (Å²) in [4.78, 5) is 16.0. The molecule has 2 aromatic heterocycles. The molecular weight excluding hydrogens is 246 g/mol. The van der Waals surface area contributed by atoms with E-state index in [1.54, 1.807) is 24.7 Å². The van der Waals surface area contributed by atoms with Crippen molar-refractivity contribution in [2.75, 3.05) is 0 Å². The van der Waals surface area contributed by atoms with Crippen LogP contribution in [0, 0.1) is 11.5 Å². The minimum absolute atomic E-state index is 0.420. The number of hydrogen-bond acceptors (Lipinski definition) is 4. The highest BCUT2D eigenvalue weighted by Gasteiger charge is 2.00. The zero-order valence-corrected chi connectivity index (χ0v) is 10.1. The normalized spacial score (nSPS) is 10.2. The summed E-state index contributed by atoms with van der Waals surface area (Å²) in [6.45, 7) is 0. The minimum Gasteiger partial charge on any atom is -0.269 e. The Bertz CT molecular complexity index is 611. The van der Waals surface area contributed by atoms with Crippen molar-refractivity contribution in [2.45, 2.75) is 0 Å². The van der Waals surface area contributed by atoms with Crippen LogP contribution in [0.1, 0.15) is 4.88 Å². The molecule has 0 aliphatic carbocycles. The number of hydrogen-bond donors (Lipinski definition) is 1. The third kappa shape index (κ3) is 3.03. The van der Waals surface area contributed by atoms with Crippen LogP contribution in [0.5, 0.6) is 0 Å². The molecule has 18 heavy (non-hydrogen) atoms. The summed E-state index contributed by atoms with van der Waals surface area (Å²) in [5.41, 5.74) is 2.17. The smallest absolute Gasteiger partial charge is 0.257 e.